The molecule has 0 aliphatic carbocycles. The van der Waals surface area contributed by atoms with Crippen LogP contribution in [0.5, 0.6) is 11.5 Å². The van der Waals surface area contributed by atoms with Gasteiger partial charge in [0, 0.05) is 49.6 Å². The number of aromatic hydroxyl groups is 1. The van der Waals surface area contributed by atoms with E-state index in [0.29, 0.717) is 37.0 Å². The molecule has 0 bridgehead atoms. The Bertz CT molecular complexity index is 1060. The lowest BCUT2D eigenvalue weighted by Gasteiger charge is -2.18. The number of anilines is 1. The molecule has 166 valence electrons. The minimum atomic E-state index is -0.261. The second-order valence-corrected chi connectivity index (χ2v) is 7.57. The molecule has 1 amide bonds. The lowest BCUT2D eigenvalue weighted by atomic mass is 10.1. The topological polar surface area (TPSA) is 96.8 Å². The average Bonchev–Trinajstić information content (AvgIpc) is 3.28. The summed E-state index contributed by atoms with van der Waals surface area (Å²) in [6.45, 7) is 2.11. The Balaban J connectivity index is 1.39. The van der Waals surface area contributed by atoms with Gasteiger partial charge in [0.2, 0.25) is 5.95 Å². The van der Waals surface area contributed by atoms with Crippen LogP contribution in [0.15, 0.2) is 60.8 Å². The summed E-state index contributed by atoms with van der Waals surface area (Å²) < 4.78 is 10.5. The number of carbonyl (C=O) groups is 1. The van der Waals surface area contributed by atoms with Crippen molar-refractivity contribution in [3.63, 3.8) is 0 Å². The summed E-state index contributed by atoms with van der Waals surface area (Å²) in [5.74, 6) is 0.785. The van der Waals surface area contributed by atoms with Gasteiger partial charge in [0.15, 0.2) is 0 Å². The summed E-state index contributed by atoms with van der Waals surface area (Å²) in [5.41, 5.74) is 2.25. The minimum Gasteiger partial charge on any atom is -0.508 e. The smallest absolute Gasteiger partial charge is 0.251 e. The second-order valence-electron chi connectivity index (χ2n) is 7.57. The maximum atomic E-state index is 12.8. The number of methoxy groups -OCH3 is 1. The molecule has 32 heavy (non-hydrogen) atoms. The summed E-state index contributed by atoms with van der Waals surface area (Å²) in [6.07, 6.45) is 2.54. The van der Waals surface area contributed by atoms with E-state index in [0.717, 1.165) is 24.2 Å². The predicted molar refractivity (Wildman–Crippen MR) is 121 cm³/mol. The second kappa shape index (κ2) is 10.1. The third-order valence-electron chi connectivity index (χ3n) is 5.23. The van der Waals surface area contributed by atoms with E-state index in [9.17, 15) is 9.90 Å². The van der Waals surface area contributed by atoms with Crippen LogP contribution in [-0.2, 0) is 4.74 Å². The number of hydrogen-bond donors (Lipinski definition) is 2. The zero-order chi connectivity index (χ0) is 22.3. The molecule has 2 aromatic carbocycles. The van der Waals surface area contributed by atoms with Crippen LogP contribution in [0.3, 0.4) is 0 Å². The summed E-state index contributed by atoms with van der Waals surface area (Å²) in [7, 11) is 1.58. The number of nitrogens with zero attached hydrogens (tertiary/aromatic N) is 3. The fourth-order valence-corrected chi connectivity index (χ4v) is 3.64. The Hall–Kier alpha value is -3.65. The van der Waals surface area contributed by atoms with Gasteiger partial charge in [-0.1, -0.05) is 30.3 Å². The van der Waals surface area contributed by atoms with Crippen molar-refractivity contribution in [2.45, 2.75) is 12.5 Å². The Morgan fingerprint density at radius 2 is 2.03 bits per heavy atom. The highest BCUT2D eigenvalue weighted by atomic mass is 16.5. The molecule has 0 spiro atoms. The van der Waals surface area contributed by atoms with Gasteiger partial charge in [-0.3, -0.25) is 4.79 Å². The minimum absolute atomic E-state index is 0.0238. The molecule has 2 heterocycles. The van der Waals surface area contributed by atoms with E-state index in [2.05, 4.69) is 15.2 Å². The number of ether oxygens (including phenoxy) is 2. The standard InChI is InChI=1S/C24H26N4O4/c1-31-11-12-32-21-14-18(13-20(29)15-21)23(30)26-19-8-10-28(16-19)24-25-9-7-22(27-24)17-5-3-2-4-6-17/h2-7,9,13-15,19,29H,8,10-12,16H2,1H3,(H,26,30). The molecule has 3 aromatic rings. The average molecular weight is 434 g/mol. The molecule has 0 saturated carbocycles. The van der Waals surface area contributed by atoms with E-state index in [1.54, 1.807) is 19.4 Å². The SMILES string of the molecule is COCCOc1cc(O)cc(C(=O)NC2CCN(c3nccc(-c4ccccc4)n3)C2)c1. The number of phenols is 1. The monoisotopic (exact) mass is 434 g/mol. The van der Waals surface area contributed by atoms with Gasteiger partial charge in [-0.2, -0.15) is 0 Å². The lowest BCUT2D eigenvalue weighted by molar-refractivity contribution is 0.0939. The van der Waals surface area contributed by atoms with Crippen LogP contribution in [0.4, 0.5) is 5.95 Å². The molecule has 1 saturated heterocycles. The van der Waals surface area contributed by atoms with E-state index in [1.807, 2.05) is 36.4 Å². The van der Waals surface area contributed by atoms with Crippen LogP contribution >= 0.6 is 0 Å². The summed E-state index contributed by atoms with van der Waals surface area (Å²) >= 11 is 0. The van der Waals surface area contributed by atoms with Crippen LogP contribution in [0.25, 0.3) is 11.3 Å². The van der Waals surface area contributed by atoms with E-state index >= 15 is 0 Å². The zero-order valence-corrected chi connectivity index (χ0v) is 17.9. The van der Waals surface area contributed by atoms with Gasteiger partial charge in [-0.15, -0.1) is 0 Å². The fraction of sp³-hybridized carbons (Fsp3) is 0.292. The predicted octanol–water partition coefficient (Wildman–Crippen LogP) is 2.88. The molecule has 1 fully saturated rings. The molecule has 8 nitrogen and oxygen atoms in total. The van der Waals surface area contributed by atoms with Crippen LogP contribution < -0.4 is 15.0 Å². The summed E-state index contributed by atoms with van der Waals surface area (Å²) in [5, 5.41) is 13.0. The third-order valence-corrected chi connectivity index (χ3v) is 5.23. The number of benzene rings is 2. The maximum absolute atomic E-state index is 12.8. The molecular weight excluding hydrogens is 408 g/mol. The van der Waals surface area contributed by atoms with Crippen LogP contribution in [0.1, 0.15) is 16.8 Å². The van der Waals surface area contributed by atoms with Gasteiger partial charge >= 0.3 is 0 Å². The van der Waals surface area contributed by atoms with Crippen molar-refractivity contribution in [1.82, 2.24) is 15.3 Å². The van der Waals surface area contributed by atoms with Crippen molar-refractivity contribution >= 4 is 11.9 Å². The maximum Gasteiger partial charge on any atom is 0.251 e. The van der Waals surface area contributed by atoms with Crippen molar-refractivity contribution in [2.24, 2.45) is 0 Å². The van der Waals surface area contributed by atoms with Crippen LogP contribution in [-0.4, -0.2) is 60.4 Å². The van der Waals surface area contributed by atoms with Crippen molar-refractivity contribution in [2.75, 3.05) is 38.3 Å². The zero-order valence-electron chi connectivity index (χ0n) is 17.9. The lowest BCUT2D eigenvalue weighted by Crippen LogP contribution is -2.37. The molecule has 1 unspecified atom stereocenters. The first-order valence-corrected chi connectivity index (χ1v) is 10.5. The number of amides is 1. The van der Waals surface area contributed by atoms with E-state index in [1.165, 1.54) is 12.1 Å². The molecule has 1 aliphatic rings. The molecule has 2 N–H and O–H groups in total. The number of nitrogens with one attached hydrogen (secondary N) is 1. The molecule has 1 atom stereocenters. The van der Waals surface area contributed by atoms with E-state index in [4.69, 9.17) is 14.5 Å². The highest BCUT2D eigenvalue weighted by Crippen LogP contribution is 2.24. The first kappa shape index (κ1) is 21.6. The van der Waals surface area contributed by atoms with Gasteiger partial charge in [-0.05, 0) is 24.6 Å². The number of aromatic nitrogens is 2. The van der Waals surface area contributed by atoms with Crippen molar-refractivity contribution in [3.8, 4) is 22.8 Å². The Kier molecular flexibility index (Phi) is 6.81. The van der Waals surface area contributed by atoms with Gasteiger partial charge < -0.3 is 24.8 Å². The van der Waals surface area contributed by atoms with E-state index < -0.39 is 0 Å². The number of rotatable bonds is 8. The van der Waals surface area contributed by atoms with Crippen LogP contribution in [0.2, 0.25) is 0 Å². The molecule has 1 aromatic heterocycles. The normalized spacial score (nSPS) is 15.5. The number of carbonyl (C=O) groups excluding carboxylic acids is 1. The van der Waals surface area contributed by atoms with Crippen molar-refractivity contribution in [3.05, 3.63) is 66.4 Å². The number of phenolic OH excluding ortho intramolecular Hbond substituents is 1. The van der Waals surface area contributed by atoms with Gasteiger partial charge in [0.05, 0.1) is 12.3 Å². The Labute approximate surface area is 186 Å². The quantitative estimate of drug-likeness (QED) is 0.526. The molecule has 0 radical (unpaired) electrons. The molecular formula is C24H26N4O4. The highest BCUT2D eigenvalue weighted by molar-refractivity contribution is 5.95. The highest BCUT2D eigenvalue weighted by Gasteiger charge is 2.26. The largest absolute Gasteiger partial charge is 0.508 e. The Morgan fingerprint density at radius 3 is 2.84 bits per heavy atom. The summed E-state index contributed by atoms with van der Waals surface area (Å²) in [4.78, 5) is 24.0. The third kappa shape index (κ3) is 5.33. The van der Waals surface area contributed by atoms with Crippen molar-refractivity contribution in [1.29, 1.82) is 0 Å². The molecule has 8 heteroatoms. The molecule has 1 aliphatic heterocycles. The first-order chi connectivity index (χ1) is 15.6. The Morgan fingerprint density at radius 1 is 1.19 bits per heavy atom. The van der Waals surface area contributed by atoms with Gasteiger partial charge in [0.1, 0.15) is 18.1 Å². The first-order valence-electron chi connectivity index (χ1n) is 10.5. The summed E-state index contributed by atoms with van der Waals surface area (Å²) in [6, 6.07) is 16.3. The molecule has 4 rings (SSSR count). The van der Waals surface area contributed by atoms with E-state index in [-0.39, 0.29) is 17.7 Å². The fourth-order valence-electron chi connectivity index (χ4n) is 3.64. The van der Waals surface area contributed by atoms with Gasteiger partial charge in [-0.25, -0.2) is 9.97 Å². The van der Waals surface area contributed by atoms with Gasteiger partial charge in [0.25, 0.3) is 5.91 Å². The van der Waals surface area contributed by atoms with Crippen LogP contribution in [0, 0.1) is 0 Å². The van der Waals surface area contributed by atoms with Crippen molar-refractivity contribution < 1.29 is 19.4 Å². The number of hydrogen-bond acceptors (Lipinski definition) is 7.